The third-order valence-electron chi connectivity index (χ3n) is 6.36. The summed E-state index contributed by atoms with van der Waals surface area (Å²) in [5, 5.41) is 23.0. The summed E-state index contributed by atoms with van der Waals surface area (Å²) in [7, 11) is -3.50. The Hall–Kier alpha value is -2.36. The zero-order chi connectivity index (χ0) is 21.8. The number of aliphatic hydroxyl groups excluding tert-OH is 1. The highest BCUT2D eigenvalue weighted by molar-refractivity contribution is 7.90. The number of halogens is 1. The topological polar surface area (TPSA) is 109 Å². The molecule has 1 fully saturated rings. The predicted molar refractivity (Wildman–Crippen MR) is 120 cm³/mol. The lowest BCUT2D eigenvalue weighted by atomic mass is 9.78. The molecule has 164 valence electrons. The van der Waals surface area contributed by atoms with Crippen LogP contribution in [0.25, 0.3) is 10.9 Å². The van der Waals surface area contributed by atoms with Gasteiger partial charge in [-0.1, -0.05) is 11.6 Å². The fourth-order valence-electron chi connectivity index (χ4n) is 4.84. The maximum atomic E-state index is 12.4. The van der Waals surface area contributed by atoms with Crippen LogP contribution in [0.3, 0.4) is 0 Å². The number of pyridine rings is 1. The van der Waals surface area contributed by atoms with Crippen molar-refractivity contribution in [3.8, 4) is 0 Å². The van der Waals surface area contributed by atoms with Crippen molar-refractivity contribution in [3.05, 3.63) is 41.7 Å². The van der Waals surface area contributed by atoms with Crippen LogP contribution in [0.1, 0.15) is 25.7 Å². The molecule has 10 heteroatoms. The summed E-state index contributed by atoms with van der Waals surface area (Å²) in [4.78, 5) is 4.19. The zero-order valence-electron chi connectivity index (χ0n) is 17.0. The lowest BCUT2D eigenvalue weighted by Gasteiger charge is -2.41. The number of nitrogens with zero attached hydrogens (tertiary/aromatic N) is 3. The van der Waals surface area contributed by atoms with Crippen molar-refractivity contribution in [1.29, 1.82) is 0 Å². The van der Waals surface area contributed by atoms with E-state index < -0.39 is 15.5 Å². The van der Waals surface area contributed by atoms with Gasteiger partial charge in [-0.25, -0.2) is 8.42 Å². The monoisotopic (exact) mass is 461 g/mol. The van der Waals surface area contributed by atoms with Crippen LogP contribution in [0, 0.1) is 5.92 Å². The third-order valence-corrected chi connectivity index (χ3v) is 7.60. The summed E-state index contributed by atoms with van der Waals surface area (Å²) in [6, 6.07) is 7.34. The van der Waals surface area contributed by atoms with Crippen LogP contribution in [0.5, 0.6) is 0 Å². The van der Waals surface area contributed by atoms with Crippen molar-refractivity contribution < 1.29 is 13.5 Å². The Morgan fingerprint density at radius 3 is 2.68 bits per heavy atom. The van der Waals surface area contributed by atoms with E-state index in [4.69, 9.17) is 11.6 Å². The molecule has 3 aromatic rings. The lowest BCUT2D eigenvalue weighted by Crippen LogP contribution is -2.53. The largest absolute Gasteiger partial charge is 0.393 e. The standard InChI is InChI=1S/C21H24ClN5O3S/c1-31(29,30)20-16-8-9-23-11-19(16)27(26-20)12-21(13-2-5-15(28)6-3-13)24-17-7-4-14(22)10-18(17)25-21/h4,7-11,13,15,24-25,28H,2-3,5-6,12H2,1H3. The van der Waals surface area contributed by atoms with Gasteiger partial charge in [0.25, 0.3) is 0 Å². The van der Waals surface area contributed by atoms with Gasteiger partial charge in [0.05, 0.1) is 35.7 Å². The van der Waals surface area contributed by atoms with Gasteiger partial charge in [-0.05, 0) is 49.9 Å². The highest BCUT2D eigenvalue weighted by Gasteiger charge is 2.45. The molecule has 5 rings (SSSR count). The molecule has 8 nitrogen and oxygen atoms in total. The van der Waals surface area contributed by atoms with E-state index in [9.17, 15) is 13.5 Å². The molecule has 3 heterocycles. The fraction of sp³-hybridized carbons (Fsp3) is 0.429. The quantitative estimate of drug-likeness (QED) is 0.547. The van der Waals surface area contributed by atoms with E-state index in [1.807, 2.05) is 18.2 Å². The average Bonchev–Trinajstić information content (AvgIpc) is 3.27. The van der Waals surface area contributed by atoms with Crippen LogP contribution < -0.4 is 10.6 Å². The smallest absolute Gasteiger partial charge is 0.195 e. The molecule has 0 bridgehead atoms. The molecule has 1 aliphatic carbocycles. The molecule has 0 saturated heterocycles. The lowest BCUT2D eigenvalue weighted by molar-refractivity contribution is 0.0886. The van der Waals surface area contributed by atoms with Gasteiger partial charge in [0.2, 0.25) is 0 Å². The number of anilines is 2. The Morgan fingerprint density at radius 2 is 1.94 bits per heavy atom. The van der Waals surface area contributed by atoms with Crippen LogP contribution >= 0.6 is 11.6 Å². The molecule has 0 spiro atoms. The van der Waals surface area contributed by atoms with Crippen molar-refractivity contribution >= 4 is 43.7 Å². The minimum absolute atomic E-state index is 0.0534. The van der Waals surface area contributed by atoms with Crippen LogP contribution in [-0.4, -0.2) is 46.3 Å². The normalized spacial score (nSPS) is 25.8. The number of hydrogen-bond donors (Lipinski definition) is 3. The summed E-state index contributed by atoms with van der Waals surface area (Å²) in [6.45, 7) is 0.387. The van der Waals surface area contributed by atoms with Crippen molar-refractivity contribution in [3.63, 3.8) is 0 Å². The van der Waals surface area contributed by atoms with Gasteiger partial charge in [-0.2, -0.15) is 5.10 Å². The Balaban J connectivity index is 1.60. The van der Waals surface area contributed by atoms with E-state index in [-0.39, 0.29) is 17.0 Å². The number of sulfone groups is 1. The van der Waals surface area contributed by atoms with Gasteiger partial charge in [0.1, 0.15) is 5.66 Å². The first-order chi connectivity index (χ1) is 14.7. The minimum atomic E-state index is -3.50. The average molecular weight is 462 g/mol. The Kier molecular flexibility index (Phi) is 4.87. The van der Waals surface area contributed by atoms with Gasteiger partial charge in [0, 0.05) is 28.8 Å². The number of fused-ring (bicyclic) bond motifs is 2. The fourth-order valence-corrected chi connectivity index (χ4v) is 5.83. The molecular weight excluding hydrogens is 438 g/mol. The molecule has 2 aliphatic rings. The second-order valence-electron chi connectivity index (χ2n) is 8.54. The van der Waals surface area contributed by atoms with E-state index >= 15 is 0 Å². The summed E-state index contributed by atoms with van der Waals surface area (Å²) in [5.74, 6) is 0.194. The molecular formula is C21H24ClN5O3S. The van der Waals surface area contributed by atoms with Gasteiger partial charge < -0.3 is 15.7 Å². The molecule has 1 aromatic carbocycles. The van der Waals surface area contributed by atoms with E-state index in [0.717, 1.165) is 37.1 Å². The van der Waals surface area contributed by atoms with Gasteiger partial charge in [-0.3, -0.25) is 9.67 Å². The van der Waals surface area contributed by atoms with Crippen LogP contribution in [0.2, 0.25) is 5.02 Å². The first kappa shape index (κ1) is 20.5. The molecule has 0 radical (unpaired) electrons. The summed E-state index contributed by atoms with van der Waals surface area (Å²) in [5.41, 5.74) is 1.90. The Bertz CT molecular complexity index is 1250. The number of nitrogens with one attached hydrogen (secondary N) is 2. The Labute approximate surface area is 185 Å². The van der Waals surface area contributed by atoms with Gasteiger partial charge >= 0.3 is 0 Å². The highest BCUT2D eigenvalue weighted by atomic mass is 35.5. The number of benzene rings is 1. The van der Waals surface area contributed by atoms with Crippen LogP contribution in [0.15, 0.2) is 41.7 Å². The maximum absolute atomic E-state index is 12.4. The van der Waals surface area contributed by atoms with E-state index in [1.54, 1.807) is 23.1 Å². The highest BCUT2D eigenvalue weighted by Crippen LogP contribution is 2.44. The van der Waals surface area contributed by atoms with Crippen molar-refractivity contribution in [2.75, 3.05) is 16.9 Å². The van der Waals surface area contributed by atoms with Crippen molar-refractivity contribution in [1.82, 2.24) is 14.8 Å². The molecule has 1 atom stereocenters. The van der Waals surface area contributed by atoms with Crippen LogP contribution in [-0.2, 0) is 16.4 Å². The predicted octanol–water partition coefficient (Wildman–Crippen LogP) is 3.27. The first-order valence-corrected chi connectivity index (χ1v) is 12.6. The van der Waals surface area contributed by atoms with Gasteiger partial charge in [-0.15, -0.1) is 0 Å². The van der Waals surface area contributed by atoms with Crippen LogP contribution in [0.4, 0.5) is 11.4 Å². The maximum Gasteiger partial charge on any atom is 0.195 e. The molecule has 1 aliphatic heterocycles. The van der Waals surface area contributed by atoms with Gasteiger partial charge in [0.15, 0.2) is 14.9 Å². The summed E-state index contributed by atoms with van der Waals surface area (Å²) in [6.07, 6.45) is 7.23. The molecule has 0 amide bonds. The molecule has 2 aromatic heterocycles. The van der Waals surface area contributed by atoms with E-state index in [2.05, 4.69) is 20.7 Å². The molecule has 1 unspecified atom stereocenters. The van der Waals surface area contributed by atoms with Crippen molar-refractivity contribution in [2.45, 2.75) is 49.0 Å². The summed E-state index contributed by atoms with van der Waals surface area (Å²) >= 11 is 6.22. The molecule has 3 N–H and O–H groups in total. The third kappa shape index (κ3) is 3.64. The number of hydrogen-bond acceptors (Lipinski definition) is 7. The first-order valence-electron chi connectivity index (χ1n) is 10.3. The number of rotatable bonds is 4. The number of aliphatic hydroxyl groups is 1. The van der Waals surface area contributed by atoms with Crippen molar-refractivity contribution in [2.24, 2.45) is 5.92 Å². The second kappa shape index (κ2) is 7.36. The number of aromatic nitrogens is 3. The zero-order valence-corrected chi connectivity index (χ0v) is 18.6. The Morgan fingerprint density at radius 1 is 1.19 bits per heavy atom. The minimum Gasteiger partial charge on any atom is -0.393 e. The SMILES string of the molecule is CS(=O)(=O)c1nn(CC2(C3CCC(O)CC3)Nc3ccc(Cl)cc3N2)c2cnccc12. The van der Waals surface area contributed by atoms with E-state index in [1.165, 1.54) is 6.26 Å². The van der Waals surface area contributed by atoms with E-state index in [0.29, 0.717) is 22.5 Å². The molecule has 31 heavy (non-hydrogen) atoms. The molecule has 1 saturated carbocycles. The second-order valence-corrected chi connectivity index (χ2v) is 10.9. The summed E-state index contributed by atoms with van der Waals surface area (Å²) < 4.78 is 26.4.